The Morgan fingerprint density at radius 2 is 2.25 bits per heavy atom. The van der Waals surface area contributed by atoms with Gasteiger partial charge in [-0.1, -0.05) is 0 Å². The highest BCUT2D eigenvalue weighted by atomic mass is 16.5. The van der Waals surface area contributed by atoms with Gasteiger partial charge >= 0.3 is 5.97 Å². The van der Waals surface area contributed by atoms with Crippen LogP contribution in [0.15, 0.2) is 24.7 Å². The van der Waals surface area contributed by atoms with E-state index in [0.29, 0.717) is 18.0 Å². The first-order chi connectivity index (χ1) is 11.7. The van der Waals surface area contributed by atoms with E-state index in [4.69, 9.17) is 9.84 Å². The highest BCUT2D eigenvalue weighted by Crippen LogP contribution is 2.23. The van der Waals surface area contributed by atoms with Crippen LogP contribution in [0.2, 0.25) is 0 Å². The lowest BCUT2D eigenvalue weighted by Crippen LogP contribution is -2.15. The molecule has 1 aliphatic rings. The molecular formula is C18H24N4O2. The lowest BCUT2D eigenvalue weighted by molar-refractivity contribution is 0.0599. The van der Waals surface area contributed by atoms with Gasteiger partial charge in [0.05, 0.1) is 24.4 Å². The normalized spacial score (nSPS) is 18.2. The molecule has 0 amide bonds. The Morgan fingerprint density at radius 1 is 1.38 bits per heavy atom. The first-order valence-electron chi connectivity index (χ1n) is 8.45. The van der Waals surface area contributed by atoms with Crippen LogP contribution in [0, 0.1) is 6.92 Å². The van der Waals surface area contributed by atoms with Crippen LogP contribution in [-0.2, 0) is 11.2 Å². The van der Waals surface area contributed by atoms with Gasteiger partial charge in [0.2, 0.25) is 0 Å². The fourth-order valence-electron chi connectivity index (χ4n) is 3.23. The number of carbonyl (C=O) groups excluding carboxylic acids is 1. The zero-order chi connectivity index (χ0) is 16.9. The molecule has 0 bridgehead atoms. The van der Waals surface area contributed by atoms with E-state index in [2.05, 4.69) is 21.2 Å². The third-order valence-corrected chi connectivity index (χ3v) is 4.63. The number of hydrogen-bond acceptors (Lipinski definition) is 5. The predicted octanol–water partition coefficient (Wildman–Crippen LogP) is 2.28. The van der Waals surface area contributed by atoms with Crippen molar-refractivity contribution in [2.75, 3.05) is 20.2 Å². The quantitative estimate of drug-likeness (QED) is 0.872. The number of methoxy groups -OCH3 is 1. The molecule has 24 heavy (non-hydrogen) atoms. The van der Waals surface area contributed by atoms with E-state index in [1.54, 1.807) is 18.5 Å². The highest BCUT2D eigenvalue weighted by molar-refractivity contribution is 5.90. The summed E-state index contributed by atoms with van der Waals surface area (Å²) >= 11 is 0. The SMILES string of the molecule is COC(=O)c1ccncc1Cc1cn([C@@H]2CCCNCC2)nc1C. The Hall–Kier alpha value is -2.21. The molecule has 0 aliphatic carbocycles. The summed E-state index contributed by atoms with van der Waals surface area (Å²) in [6, 6.07) is 2.15. The van der Waals surface area contributed by atoms with Crippen molar-refractivity contribution in [3.8, 4) is 0 Å². The van der Waals surface area contributed by atoms with Crippen molar-refractivity contribution in [3.05, 3.63) is 47.0 Å². The van der Waals surface area contributed by atoms with Gasteiger partial charge in [-0.05, 0) is 56.5 Å². The lowest BCUT2D eigenvalue weighted by atomic mass is 10.0. The van der Waals surface area contributed by atoms with E-state index in [9.17, 15) is 4.79 Å². The molecule has 3 rings (SSSR count). The minimum absolute atomic E-state index is 0.327. The van der Waals surface area contributed by atoms with Crippen molar-refractivity contribution in [3.63, 3.8) is 0 Å². The predicted molar refractivity (Wildman–Crippen MR) is 91.1 cm³/mol. The molecule has 128 valence electrons. The number of rotatable bonds is 4. The first-order valence-corrected chi connectivity index (χ1v) is 8.45. The van der Waals surface area contributed by atoms with E-state index >= 15 is 0 Å². The number of ether oxygens (including phenoxy) is 1. The van der Waals surface area contributed by atoms with Gasteiger partial charge in [0.25, 0.3) is 0 Å². The van der Waals surface area contributed by atoms with Crippen molar-refractivity contribution in [1.29, 1.82) is 0 Å². The van der Waals surface area contributed by atoms with Crippen molar-refractivity contribution in [2.24, 2.45) is 0 Å². The molecule has 1 fully saturated rings. The number of aromatic nitrogens is 3. The fraction of sp³-hybridized carbons (Fsp3) is 0.500. The second kappa shape index (κ2) is 7.57. The van der Waals surface area contributed by atoms with Crippen molar-refractivity contribution in [2.45, 2.75) is 38.6 Å². The molecule has 6 nitrogen and oxygen atoms in total. The second-order valence-electron chi connectivity index (χ2n) is 6.26. The van der Waals surface area contributed by atoms with Crippen molar-refractivity contribution < 1.29 is 9.53 Å². The summed E-state index contributed by atoms with van der Waals surface area (Å²) in [5.41, 5.74) is 3.57. The zero-order valence-corrected chi connectivity index (χ0v) is 14.3. The monoisotopic (exact) mass is 328 g/mol. The Kier molecular flexibility index (Phi) is 5.25. The maximum Gasteiger partial charge on any atom is 0.338 e. The molecule has 2 aromatic heterocycles. The maximum atomic E-state index is 11.9. The second-order valence-corrected chi connectivity index (χ2v) is 6.26. The Balaban J connectivity index is 1.82. The van der Waals surface area contributed by atoms with E-state index in [-0.39, 0.29) is 5.97 Å². The molecule has 0 unspecified atom stereocenters. The van der Waals surface area contributed by atoms with Gasteiger partial charge in [-0.15, -0.1) is 0 Å². The van der Waals surface area contributed by atoms with E-state index in [1.165, 1.54) is 13.5 Å². The summed E-state index contributed by atoms with van der Waals surface area (Å²) in [5.74, 6) is -0.327. The average molecular weight is 328 g/mol. The number of carbonyl (C=O) groups is 1. The van der Waals surface area contributed by atoms with Gasteiger partial charge in [-0.2, -0.15) is 5.10 Å². The maximum absolute atomic E-state index is 11.9. The van der Waals surface area contributed by atoms with Crippen LogP contribution in [0.1, 0.15) is 52.5 Å². The van der Waals surface area contributed by atoms with Crippen LogP contribution < -0.4 is 5.32 Å². The molecule has 0 aromatic carbocycles. The molecule has 0 radical (unpaired) electrons. The number of hydrogen-bond donors (Lipinski definition) is 1. The number of nitrogens with one attached hydrogen (secondary N) is 1. The third kappa shape index (κ3) is 3.64. The topological polar surface area (TPSA) is 69.0 Å². The van der Waals surface area contributed by atoms with Gasteiger partial charge in [0, 0.05) is 25.0 Å². The van der Waals surface area contributed by atoms with Crippen LogP contribution in [-0.4, -0.2) is 40.9 Å². The highest BCUT2D eigenvalue weighted by Gasteiger charge is 2.18. The van der Waals surface area contributed by atoms with Crippen LogP contribution in [0.25, 0.3) is 0 Å². The first kappa shape index (κ1) is 16.6. The minimum atomic E-state index is -0.327. The van der Waals surface area contributed by atoms with Gasteiger partial charge in [0.1, 0.15) is 0 Å². The summed E-state index contributed by atoms with van der Waals surface area (Å²) < 4.78 is 6.97. The molecule has 2 aromatic rings. The summed E-state index contributed by atoms with van der Waals surface area (Å²) in [6.45, 7) is 4.14. The Labute approximate surface area is 142 Å². The van der Waals surface area contributed by atoms with Gasteiger partial charge in [0.15, 0.2) is 0 Å². The molecule has 3 heterocycles. The van der Waals surface area contributed by atoms with Gasteiger partial charge < -0.3 is 10.1 Å². The molecule has 1 aliphatic heterocycles. The largest absolute Gasteiger partial charge is 0.465 e. The van der Waals surface area contributed by atoms with Gasteiger partial charge in [-0.25, -0.2) is 4.79 Å². The number of pyridine rings is 1. The minimum Gasteiger partial charge on any atom is -0.465 e. The smallest absolute Gasteiger partial charge is 0.338 e. The number of nitrogens with zero attached hydrogens (tertiary/aromatic N) is 3. The van der Waals surface area contributed by atoms with Crippen LogP contribution in [0.5, 0.6) is 0 Å². The summed E-state index contributed by atoms with van der Waals surface area (Å²) in [5, 5.41) is 8.15. The van der Waals surface area contributed by atoms with Crippen LogP contribution in [0.3, 0.4) is 0 Å². The molecular weight excluding hydrogens is 304 g/mol. The average Bonchev–Trinajstić information content (AvgIpc) is 2.81. The molecule has 6 heteroatoms. The standard InChI is InChI=1S/C18H24N4O2/c1-13-15(10-14-11-20-9-6-17(14)18(23)24-2)12-22(21-13)16-4-3-7-19-8-5-16/h6,9,11-12,16,19H,3-5,7-8,10H2,1-2H3/t16-/m1/s1. The molecule has 1 saturated heterocycles. The summed E-state index contributed by atoms with van der Waals surface area (Å²) in [4.78, 5) is 16.1. The summed E-state index contributed by atoms with van der Waals surface area (Å²) in [7, 11) is 1.40. The zero-order valence-electron chi connectivity index (χ0n) is 14.3. The third-order valence-electron chi connectivity index (χ3n) is 4.63. The van der Waals surface area contributed by atoms with Gasteiger partial charge in [-0.3, -0.25) is 9.67 Å². The lowest BCUT2D eigenvalue weighted by Gasteiger charge is -2.14. The van der Waals surface area contributed by atoms with E-state index < -0.39 is 0 Å². The van der Waals surface area contributed by atoms with E-state index in [0.717, 1.165) is 42.8 Å². The molecule has 0 spiro atoms. The number of aryl methyl sites for hydroxylation is 1. The Morgan fingerprint density at radius 3 is 3.08 bits per heavy atom. The number of esters is 1. The van der Waals surface area contributed by atoms with Crippen LogP contribution >= 0.6 is 0 Å². The molecule has 0 saturated carbocycles. The van der Waals surface area contributed by atoms with Crippen molar-refractivity contribution in [1.82, 2.24) is 20.1 Å². The van der Waals surface area contributed by atoms with Crippen molar-refractivity contribution >= 4 is 5.97 Å². The summed E-state index contributed by atoms with van der Waals surface area (Å²) in [6.07, 6.45) is 9.53. The fourth-order valence-corrected chi connectivity index (χ4v) is 3.23. The van der Waals surface area contributed by atoms with Crippen LogP contribution in [0.4, 0.5) is 0 Å². The van der Waals surface area contributed by atoms with E-state index in [1.807, 2.05) is 6.92 Å². The molecule has 1 N–H and O–H groups in total. The molecule has 1 atom stereocenters. The Bertz CT molecular complexity index is 703.